The Morgan fingerprint density at radius 2 is 1.45 bits per heavy atom. The van der Waals surface area contributed by atoms with Gasteiger partial charge in [-0.25, -0.2) is 4.79 Å². The topological polar surface area (TPSA) is 90.9 Å². The molecule has 1 N–H and O–H groups in total. The number of ether oxygens (including phenoxy) is 1. The third-order valence-electron chi connectivity index (χ3n) is 6.86. The summed E-state index contributed by atoms with van der Waals surface area (Å²) in [6.07, 6.45) is 2.17. The molecule has 1 amide bonds. The van der Waals surface area contributed by atoms with Crippen molar-refractivity contribution in [2.75, 3.05) is 12.9 Å². The second kappa shape index (κ2) is 11.9. The first-order chi connectivity index (χ1) is 17.6. The summed E-state index contributed by atoms with van der Waals surface area (Å²) in [5.41, 5.74) is -0.647. The zero-order valence-corrected chi connectivity index (χ0v) is 25.5. The number of carbonyl (C=O) groups is 1. The van der Waals surface area contributed by atoms with Crippen LogP contribution in [0.4, 0.5) is 4.79 Å². The Balaban J connectivity index is 2.01. The monoisotopic (exact) mass is 561 g/mol. The predicted molar refractivity (Wildman–Crippen MR) is 154 cm³/mol. The Kier molecular flexibility index (Phi) is 9.50. The molecule has 9 heteroatoms. The van der Waals surface area contributed by atoms with Gasteiger partial charge in [0.05, 0.1) is 25.0 Å². The maximum absolute atomic E-state index is 12.9. The van der Waals surface area contributed by atoms with Gasteiger partial charge in [-0.3, -0.25) is 4.18 Å². The average Bonchev–Trinajstić information content (AvgIpc) is 2.81. The molecule has 3 unspecified atom stereocenters. The van der Waals surface area contributed by atoms with E-state index < -0.39 is 30.1 Å². The van der Waals surface area contributed by atoms with E-state index in [9.17, 15) is 13.2 Å². The van der Waals surface area contributed by atoms with Crippen LogP contribution in [0.15, 0.2) is 60.7 Å². The molecule has 2 aromatic rings. The van der Waals surface area contributed by atoms with Crippen molar-refractivity contribution in [3.63, 3.8) is 0 Å². The molecule has 210 valence electrons. The van der Waals surface area contributed by atoms with Crippen LogP contribution in [-0.4, -0.2) is 53.4 Å². The van der Waals surface area contributed by atoms with Crippen LogP contribution in [0.25, 0.3) is 0 Å². The number of carbonyl (C=O) groups excluding carboxylic acids is 1. The molecule has 0 aromatic heterocycles. The minimum atomic E-state index is -3.56. The normalized spacial score (nSPS) is 21.1. The number of hydrogen-bond acceptors (Lipinski definition) is 6. The first kappa shape index (κ1) is 30.3. The van der Waals surface area contributed by atoms with Crippen molar-refractivity contribution in [2.45, 2.75) is 83.6 Å². The van der Waals surface area contributed by atoms with E-state index >= 15 is 0 Å². The van der Waals surface area contributed by atoms with Gasteiger partial charge < -0.3 is 14.5 Å². The molecule has 1 aliphatic rings. The average molecular weight is 562 g/mol. The van der Waals surface area contributed by atoms with Crippen molar-refractivity contribution in [2.24, 2.45) is 5.92 Å². The third kappa shape index (κ3) is 7.91. The summed E-state index contributed by atoms with van der Waals surface area (Å²) >= 11 is 0. The zero-order valence-electron chi connectivity index (χ0n) is 23.7. The van der Waals surface area contributed by atoms with E-state index in [4.69, 9.17) is 13.3 Å². The highest BCUT2D eigenvalue weighted by atomic mass is 32.2. The molecule has 2 aromatic carbocycles. The van der Waals surface area contributed by atoms with Gasteiger partial charge in [-0.2, -0.15) is 8.42 Å². The molecule has 0 spiro atoms. The van der Waals surface area contributed by atoms with Crippen LogP contribution in [0.3, 0.4) is 0 Å². The first-order valence-corrected chi connectivity index (χ1v) is 17.0. The van der Waals surface area contributed by atoms with Crippen LogP contribution >= 0.6 is 0 Å². The highest BCUT2D eigenvalue weighted by Crippen LogP contribution is 2.40. The molecule has 3 atom stereocenters. The van der Waals surface area contributed by atoms with Gasteiger partial charge in [-0.05, 0) is 61.4 Å². The fraction of sp³-hybridized carbons (Fsp3) is 0.552. The van der Waals surface area contributed by atoms with Gasteiger partial charge in [0.1, 0.15) is 5.60 Å². The summed E-state index contributed by atoms with van der Waals surface area (Å²) < 4.78 is 41.3. The lowest BCUT2D eigenvalue weighted by Crippen LogP contribution is -2.69. The molecule has 1 fully saturated rings. The summed E-state index contributed by atoms with van der Waals surface area (Å²) in [7, 11) is -6.42. The molecule has 0 bridgehead atoms. The fourth-order valence-corrected chi connectivity index (χ4v) is 10.5. The molecule has 0 radical (unpaired) electrons. The second-order valence-corrected chi connectivity index (χ2v) is 18.1. The fourth-order valence-electron chi connectivity index (χ4n) is 5.27. The Labute approximate surface area is 229 Å². The van der Waals surface area contributed by atoms with E-state index in [1.54, 1.807) is 0 Å². The lowest BCUT2D eigenvalue weighted by Gasteiger charge is -2.48. The number of alkyl carbamates (subject to hydrolysis) is 1. The summed E-state index contributed by atoms with van der Waals surface area (Å²) in [5, 5.41) is 5.17. The van der Waals surface area contributed by atoms with Crippen molar-refractivity contribution in [3.05, 3.63) is 60.7 Å². The third-order valence-corrected chi connectivity index (χ3v) is 12.5. The predicted octanol–water partition coefficient (Wildman–Crippen LogP) is 4.60. The molecule has 38 heavy (non-hydrogen) atoms. The van der Waals surface area contributed by atoms with Gasteiger partial charge in [0.2, 0.25) is 0 Å². The van der Waals surface area contributed by atoms with E-state index in [0.717, 1.165) is 23.1 Å². The van der Waals surface area contributed by atoms with E-state index in [1.165, 1.54) is 0 Å². The maximum atomic E-state index is 12.9. The zero-order chi connectivity index (χ0) is 28.2. The van der Waals surface area contributed by atoms with Crippen molar-refractivity contribution in [3.8, 4) is 0 Å². The number of rotatable bonds is 8. The highest BCUT2D eigenvalue weighted by molar-refractivity contribution is 7.85. The summed E-state index contributed by atoms with van der Waals surface area (Å²) in [5.74, 6) is -0.0383. The Bertz CT molecular complexity index is 1120. The molecule has 0 aliphatic heterocycles. The van der Waals surface area contributed by atoms with Crippen molar-refractivity contribution >= 4 is 34.9 Å². The minimum absolute atomic E-state index is 0.0383. The Morgan fingerprint density at radius 1 is 0.921 bits per heavy atom. The van der Waals surface area contributed by atoms with Crippen LogP contribution in [0.2, 0.25) is 5.04 Å². The SMILES string of the molecule is CC(C)(C)OC(=O)NC1CC(COS(C)(=O)=O)CCC1O[Si](c1ccccc1)(c1ccccc1)C(C)(C)C. The van der Waals surface area contributed by atoms with Crippen molar-refractivity contribution in [1.82, 2.24) is 5.32 Å². The summed E-state index contributed by atoms with van der Waals surface area (Å²) in [6.45, 7) is 12.2. The second-order valence-electron chi connectivity index (χ2n) is 12.2. The molecular formula is C29H43NO6SSi. The number of benzene rings is 2. The van der Waals surface area contributed by atoms with Crippen LogP contribution < -0.4 is 15.7 Å². The van der Waals surface area contributed by atoms with Crippen molar-refractivity contribution < 1.29 is 26.6 Å². The van der Waals surface area contributed by atoms with Gasteiger partial charge in [0.15, 0.2) is 0 Å². The van der Waals surface area contributed by atoms with Gasteiger partial charge in [-0.15, -0.1) is 0 Å². The number of hydrogen-bond donors (Lipinski definition) is 1. The van der Waals surface area contributed by atoms with Gasteiger partial charge in [0, 0.05) is 0 Å². The molecule has 0 heterocycles. The molecule has 3 rings (SSSR count). The lowest BCUT2D eigenvalue weighted by molar-refractivity contribution is 0.0310. The largest absolute Gasteiger partial charge is 0.444 e. The van der Waals surface area contributed by atoms with Gasteiger partial charge in [0.25, 0.3) is 18.4 Å². The standard InChI is InChI=1S/C29H43NO6SSi/c1-28(2,3)35-27(31)30-25-20-22(21-34-37(7,32)33)18-19-26(25)36-38(29(4,5)6,23-14-10-8-11-15-23)24-16-12-9-13-17-24/h8-17,22,25-26H,18-21H2,1-7H3,(H,30,31). The van der Waals surface area contributed by atoms with E-state index in [-0.39, 0.29) is 29.7 Å². The minimum Gasteiger partial charge on any atom is -0.444 e. The van der Waals surface area contributed by atoms with E-state index in [1.807, 2.05) is 57.2 Å². The molecule has 7 nitrogen and oxygen atoms in total. The number of nitrogens with one attached hydrogen (secondary N) is 1. The smallest absolute Gasteiger partial charge is 0.407 e. The van der Waals surface area contributed by atoms with E-state index in [2.05, 4.69) is 50.4 Å². The van der Waals surface area contributed by atoms with Crippen LogP contribution in [0.5, 0.6) is 0 Å². The van der Waals surface area contributed by atoms with Gasteiger partial charge in [-0.1, -0.05) is 81.4 Å². The highest BCUT2D eigenvalue weighted by Gasteiger charge is 2.53. The maximum Gasteiger partial charge on any atom is 0.407 e. The summed E-state index contributed by atoms with van der Waals surface area (Å²) in [4.78, 5) is 12.9. The van der Waals surface area contributed by atoms with Crippen molar-refractivity contribution in [1.29, 1.82) is 0 Å². The summed E-state index contributed by atoms with van der Waals surface area (Å²) in [6, 6.07) is 20.4. The van der Waals surface area contributed by atoms with Gasteiger partial charge >= 0.3 is 6.09 Å². The Morgan fingerprint density at radius 3 is 1.89 bits per heavy atom. The molecule has 0 saturated heterocycles. The van der Waals surface area contributed by atoms with Crippen LogP contribution in [0, 0.1) is 5.92 Å². The lowest BCUT2D eigenvalue weighted by atomic mass is 9.84. The molecule has 1 saturated carbocycles. The number of amides is 1. The Hall–Kier alpha value is -2.20. The van der Waals surface area contributed by atoms with Crippen LogP contribution in [0.1, 0.15) is 60.8 Å². The molecular weight excluding hydrogens is 518 g/mol. The van der Waals surface area contributed by atoms with E-state index in [0.29, 0.717) is 12.8 Å². The first-order valence-electron chi connectivity index (χ1n) is 13.2. The quantitative estimate of drug-likeness (QED) is 0.374. The van der Waals surface area contributed by atoms with Crippen LogP contribution in [-0.2, 0) is 23.5 Å². The molecule has 1 aliphatic carbocycles.